The van der Waals surface area contributed by atoms with Crippen LogP contribution in [-0.4, -0.2) is 40.0 Å². The predicted molar refractivity (Wildman–Crippen MR) is 127 cm³/mol. The van der Waals surface area contributed by atoms with Crippen molar-refractivity contribution in [3.05, 3.63) is 53.7 Å². The quantitative estimate of drug-likeness (QED) is 0.339. The highest BCUT2D eigenvalue weighted by atomic mass is 15.4. The van der Waals surface area contributed by atoms with Gasteiger partial charge in [-0.15, -0.1) is 0 Å². The van der Waals surface area contributed by atoms with Gasteiger partial charge in [0.05, 0.1) is 30.1 Å². The molecular formula is C23H30N10. The lowest BCUT2D eigenvalue weighted by Gasteiger charge is -2.50. The summed E-state index contributed by atoms with van der Waals surface area (Å²) in [5.74, 6) is 0.441. The first kappa shape index (κ1) is 22.3. The first-order chi connectivity index (χ1) is 16.1. The topological polar surface area (TPSA) is 159 Å². The molecule has 2 aromatic rings. The molecule has 0 amide bonds. The van der Waals surface area contributed by atoms with Crippen LogP contribution in [0.3, 0.4) is 0 Å². The number of allylic oxidation sites excluding steroid dienone is 1. The van der Waals surface area contributed by atoms with Gasteiger partial charge in [-0.05, 0) is 36.5 Å². The van der Waals surface area contributed by atoms with Gasteiger partial charge in [-0.2, -0.15) is 15.4 Å². The van der Waals surface area contributed by atoms with Gasteiger partial charge in [0, 0.05) is 37.9 Å². The monoisotopic (exact) mass is 446 g/mol. The van der Waals surface area contributed by atoms with E-state index in [0.29, 0.717) is 30.9 Å². The fourth-order valence-corrected chi connectivity index (χ4v) is 4.73. The van der Waals surface area contributed by atoms with Crippen molar-refractivity contribution in [2.24, 2.45) is 10.7 Å². The Kier molecular flexibility index (Phi) is 6.58. The summed E-state index contributed by atoms with van der Waals surface area (Å²) in [5.41, 5.74) is 7.97. The maximum Gasteiger partial charge on any atom is 0.221 e. The Morgan fingerprint density at radius 3 is 2.88 bits per heavy atom. The van der Waals surface area contributed by atoms with E-state index in [4.69, 9.17) is 16.6 Å². The third kappa shape index (κ3) is 4.67. The number of rotatable bonds is 6. The van der Waals surface area contributed by atoms with Crippen LogP contribution in [0.15, 0.2) is 47.6 Å². The normalized spacial score (nSPS) is 18.9. The van der Waals surface area contributed by atoms with E-state index in [1.165, 1.54) is 43.9 Å². The summed E-state index contributed by atoms with van der Waals surface area (Å²) < 4.78 is 1.99. The van der Waals surface area contributed by atoms with Crippen molar-refractivity contribution in [1.82, 2.24) is 20.1 Å². The average molecular weight is 447 g/mol. The summed E-state index contributed by atoms with van der Waals surface area (Å²) in [6.45, 7) is 1.25. The van der Waals surface area contributed by atoms with Gasteiger partial charge in [0.1, 0.15) is 5.54 Å². The van der Waals surface area contributed by atoms with E-state index in [1.54, 1.807) is 6.20 Å². The molecule has 2 aliphatic rings. The lowest BCUT2D eigenvalue weighted by molar-refractivity contribution is 0.198. The number of hydrogen-bond acceptors (Lipinski definition) is 6. The molecular weight excluding hydrogens is 416 g/mol. The second kappa shape index (κ2) is 9.73. The fourth-order valence-electron chi connectivity index (χ4n) is 4.73. The van der Waals surface area contributed by atoms with E-state index in [2.05, 4.69) is 37.6 Å². The molecule has 0 unspecified atom stereocenters. The van der Waals surface area contributed by atoms with Crippen LogP contribution >= 0.6 is 0 Å². The van der Waals surface area contributed by atoms with Gasteiger partial charge in [0.25, 0.3) is 0 Å². The molecule has 0 radical (unpaired) electrons. The highest BCUT2D eigenvalue weighted by Gasteiger charge is 2.46. The van der Waals surface area contributed by atoms with Gasteiger partial charge < -0.3 is 26.3 Å². The zero-order valence-corrected chi connectivity index (χ0v) is 18.6. The zero-order valence-electron chi connectivity index (χ0n) is 18.6. The Bertz CT molecular complexity index is 1140. The maximum atomic E-state index is 9.54. The molecule has 3 heterocycles. The Labute approximate surface area is 192 Å². The van der Waals surface area contributed by atoms with E-state index in [9.17, 15) is 5.26 Å². The third-order valence-corrected chi connectivity index (χ3v) is 6.52. The molecule has 1 aliphatic carbocycles. The van der Waals surface area contributed by atoms with Crippen molar-refractivity contribution < 1.29 is 0 Å². The highest BCUT2D eigenvalue weighted by molar-refractivity contribution is 5.87. The Hall–Kier alpha value is -3.87. The molecule has 4 rings (SSSR count). The predicted octanol–water partition coefficient (Wildman–Crippen LogP) is 2.26. The SMILES string of the molecule is N#CCC1(n2cc(C3CCCCC3)cn2)CN(c2ccc[nH]/c2=N\C(=N)N/C(C=N)=C/N)C1. The van der Waals surface area contributed by atoms with Gasteiger partial charge in [-0.25, -0.2) is 0 Å². The number of nitrogens with one attached hydrogen (secondary N) is 4. The van der Waals surface area contributed by atoms with E-state index >= 15 is 0 Å². The lowest BCUT2D eigenvalue weighted by atomic mass is 9.84. The van der Waals surface area contributed by atoms with Crippen molar-refractivity contribution in [3.63, 3.8) is 0 Å². The highest BCUT2D eigenvalue weighted by Crippen LogP contribution is 2.37. The number of hydrogen-bond donors (Lipinski definition) is 5. The molecule has 1 saturated carbocycles. The minimum absolute atomic E-state index is 0.132. The Balaban J connectivity index is 1.54. The molecule has 10 heteroatoms. The molecule has 0 atom stereocenters. The van der Waals surface area contributed by atoms with Crippen LogP contribution in [0.1, 0.15) is 50.0 Å². The molecule has 0 bridgehead atoms. The number of anilines is 1. The van der Waals surface area contributed by atoms with Crippen molar-refractivity contribution in [2.75, 3.05) is 18.0 Å². The summed E-state index contributed by atoms with van der Waals surface area (Å²) in [6, 6.07) is 6.17. The minimum Gasteiger partial charge on any atom is -0.403 e. The van der Waals surface area contributed by atoms with E-state index in [1.807, 2.05) is 23.0 Å². The van der Waals surface area contributed by atoms with Crippen LogP contribution < -0.4 is 21.4 Å². The van der Waals surface area contributed by atoms with Gasteiger partial charge in [0.2, 0.25) is 5.96 Å². The average Bonchev–Trinajstić information content (AvgIpc) is 3.31. The van der Waals surface area contributed by atoms with E-state index in [0.717, 1.165) is 11.9 Å². The van der Waals surface area contributed by atoms with E-state index in [-0.39, 0.29) is 17.2 Å². The maximum absolute atomic E-state index is 9.54. The number of pyridine rings is 1. The number of nitriles is 1. The number of aromatic nitrogens is 3. The summed E-state index contributed by atoms with van der Waals surface area (Å²) in [5, 5.41) is 32.3. The fraction of sp³-hybridized carbons (Fsp3) is 0.435. The molecule has 0 aromatic carbocycles. The van der Waals surface area contributed by atoms with Crippen molar-refractivity contribution in [1.29, 1.82) is 16.1 Å². The molecule has 1 saturated heterocycles. The van der Waals surface area contributed by atoms with Crippen LogP contribution in [0, 0.1) is 22.1 Å². The second-order valence-corrected chi connectivity index (χ2v) is 8.72. The first-order valence-electron chi connectivity index (χ1n) is 11.3. The van der Waals surface area contributed by atoms with Crippen molar-refractivity contribution >= 4 is 17.9 Å². The van der Waals surface area contributed by atoms with Crippen LogP contribution in [0.2, 0.25) is 0 Å². The van der Waals surface area contributed by atoms with Gasteiger partial charge in [-0.1, -0.05) is 19.3 Å². The molecule has 172 valence electrons. The number of nitrogens with two attached hydrogens (primary N) is 1. The molecule has 2 aromatic heterocycles. The van der Waals surface area contributed by atoms with Crippen LogP contribution in [0.25, 0.3) is 0 Å². The molecule has 2 fully saturated rings. The molecule has 10 nitrogen and oxygen atoms in total. The number of guanidine groups is 1. The lowest BCUT2D eigenvalue weighted by Crippen LogP contribution is -2.64. The van der Waals surface area contributed by atoms with Crippen LogP contribution in [-0.2, 0) is 5.54 Å². The number of H-pyrrole nitrogens is 1. The Morgan fingerprint density at radius 2 is 2.18 bits per heavy atom. The second-order valence-electron chi connectivity index (χ2n) is 8.72. The summed E-state index contributed by atoms with van der Waals surface area (Å²) in [4.78, 5) is 9.54. The van der Waals surface area contributed by atoms with Crippen molar-refractivity contribution in [2.45, 2.75) is 50.0 Å². The summed E-state index contributed by atoms with van der Waals surface area (Å²) >= 11 is 0. The van der Waals surface area contributed by atoms with Gasteiger partial charge in [0.15, 0.2) is 5.49 Å². The molecule has 0 spiro atoms. The molecule has 6 N–H and O–H groups in total. The van der Waals surface area contributed by atoms with Gasteiger partial charge in [-0.3, -0.25) is 10.1 Å². The van der Waals surface area contributed by atoms with Gasteiger partial charge >= 0.3 is 0 Å². The zero-order chi connectivity index (χ0) is 23.3. The number of aromatic amines is 1. The standard InChI is InChI=1S/C23H30N10/c24-9-8-23(33-14-18(13-29-33)17-5-2-1-3-6-17)15-32(16-23)20-7-4-10-28-21(20)31-22(27)30-19(11-25)12-26/h4,7,10-14,17,25H,1-3,5-6,8,15-16,26H2,(H3,27,28,30,31)/b19-12+,25-11?. The first-order valence-corrected chi connectivity index (χ1v) is 11.3. The largest absolute Gasteiger partial charge is 0.403 e. The third-order valence-electron chi connectivity index (χ3n) is 6.52. The Morgan fingerprint density at radius 1 is 1.39 bits per heavy atom. The van der Waals surface area contributed by atoms with Crippen LogP contribution in [0.4, 0.5) is 5.69 Å². The summed E-state index contributed by atoms with van der Waals surface area (Å²) in [6.07, 6.45) is 14.8. The van der Waals surface area contributed by atoms with E-state index < -0.39 is 0 Å². The molecule has 1 aliphatic heterocycles. The van der Waals surface area contributed by atoms with Crippen molar-refractivity contribution in [3.8, 4) is 6.07 Å². The smallest absolute Gasteiger partial charge is 0.221 e. The van der Waals surface area contributed by atoms with Crippen LogP contribution in [0.5, 0.6) is 0 Å². The summed E-state index contributed by atoms with van der Waals surface area (Å²) in [7, 11) is 0. The minimum atomic E-state index is -0.379. The number of nitrogens with zero attached hydrogens (tertiary/aromatic N) is 5. The molecule has 33 heavy (non-hydrogen) atoms.